The van der Waals surface area contributed by atoms with E-state index in [1.165, 1.54) is 11.3 Å². The fraction of sp³-hybridized carbons (Fsp3) is 0.0769. The summed E-state index contributed by atoms with van der Waals surface area (Å²) in [5.41, 5.74) is 0.936. The van der Waals surface area contributed by atoms with Crippen LogP contribution < -0.4 is 4.74 Å². The van der Waals surface area contributed by atoms with Gasteiger partial charge in [0.1, 0.15) is 12.2 Å². The molecule has 18 heavy (non-hydrogen) atoms. The Morgan fingerprint density at radius 2 is 1.89 bits per heavy atom. The molecule has 0 amide bonds. The molecule has 1 aromatic carbocycles. The standard InChI is InChI=1S/C13H10O4S/c14-11(15)8-12(16)17-10-6-7-18-13(10)9-4-2-1-3-5-9/h1-7H,8H2,(H,14,15). The van der Waals surface area contributed by atoms with Gasteiger partial charge in [0, 0.05) is 0 Å². The van der Waals surface area contributed by atoms with E-state index in [0.29, 0.717) is 5.75 Å². The molecule has 1 aromatic heterocycles. The van der Waals surface area contributed by atoms with Crippen LogP contribution in [-0.2, 0) is 9.59 Å². The Labute approximate surface area is 107 Å². The van der Waals surface area contributed by atoms with Gasteiger partial charge in [0.15, 0.2) is 0 Å². The Balaban J connectivity index is 2.19. The average Bonchev–Trinajstić information content (AvgIpc) is 2.77. The maximum atomic E-state index is 11.3. The van der Waals surface area contributed by atoms with Crippen LogP contribution in [0.4, 0.5) is 0 Å². The number of rotatable bonds is 4. The number of aliphatic carboxylic acids is 1. The predicted octanol–water partition coefficient (Wildman–Crippen LogP) is 2.80. The zero-order valence-electron chi connectivity index (χ0n) is 9.33. The third kappa shape index (κ3) is 2.95. The molecule has 0 saturated carbocycles. The van der Waals surface area contributed by atoms with E-state index in [9.17, 15) is 9.59 Å². The maximum absolute atomic E-state index is 11.3. The Hall–Kier alpha value is -2.14. The van der Waals surface area contributed by atoms with E-state index >= 15 is 0 Å². The van der Waals surface area contributed by atoms with Gasteiger partial charge in [0.2, 0.25) is 0 Å². The second kappa shape index (κ2) is 5.46. The zero-order chi connectivity index (χ0) is 13.0. The molecule has 0 spiro atoms. The van der Waals surface area contributed by atoms with Gasteiger partial charge in [0.05, 0.1) is 4.88 Å². The van der Waals surface area contributed by atoms with Gasteiger partial charge >= 0.3 is 11.9 Å². The summed E-state index contributed by atoms with van der Waals surface area (Å²) in [6.07, 6.45) is -0.635. The van der Waals surface area contributed by atoms with Crippen LogP contribution in [0, 0.1) is 0 Å². The van der Waals surface area contributed by atoms with Crippen molar-refractivity contribution in [2.24, 2.45) is 0 Å². The Morgan fingerprint density at radius 1 is 1.17 bits per heavy atom. The van der Waals surface area contributed by atoms with Crippen molar-refractivity contribution in [3.8, 4) is 16.2 Å². The quantitative estimate of drug-likeness (QED) is 0.679. The van der Waals surface area contributed by atoms with Crippen LogP contribution in [0.5, 0.6) is 5.75 Å². The molecule has 0 bridgehead atoms. The third-order valence-corrected chi connectivity index (χ3v) is 3.13. The number of benzene rings is 1. The van der Waals surface area contributed by atoms with Crippen molar-refractivity contribution < 1.29 is 19.4 Å². The minimum absolute atomic E-state index is 0.400. The lowest BCUT2D eigenvalue weighted by molar-refractivity contribution is -0.145. The minimum atomic E-state index is -1.20. The molecule has 92 valence electrons. The fourth-order valence-electron chi connectivity index (χ4n) is 1.46. The first-order valence-corrected chi connectivity index (χ1v) is 6.10. The van der Waals surface area contributed by atoms with Crippen LogP contribution in [0.3, 0.4) is 0 Å². The lowest BCUT2D eigenvalue weighted by Crippen LogP contribution is -2.13. The molecular weight excluding hydrogens is 252 g/mol. The number of thiophene rings is 1. The van der Waals surface area contributed by atoms with E-state index < -0.39 is 18.4 Å². The summed E-state index contributed by atoms with van der Waals surface area (Å²) < 4.78 is 5.04. The van der Waals surface area contributed by atoms with E-state index in [4.69, 9.17) is 9.84 Å². The van der Waals surface area contributed by atoms with E-state index in [1.54, 1.807) is 11.4 Å². The van der Waals surface area contributed by atoms with Crippen LogP contribution in [0.15, 0.2) is 41.8 Å². The van der Waals surface area contributed by atoms with Crippen LogP contribution in [0.2, 0.25) is 0 Å². The van der Waals surface area contributed by atoms with Crippen LogP contribution in [0.25, 0.3) is 10.4 Å². The monoisotopic (exact) mass is 262 g/mol. The molecule has 0 atom stereocenters. The van der Waals surface area contributed by atoms with Gasteiger partial charge in [-0.2, -0.15) is 0 Å². The molecule has 0 aliphatic carbocycles. The molecule has 2 rings (SSSR count). The molecule has 5 heteroatoms. The molecule has 0 unspecified atom stereocenters. The van der Waals surface area contributed by atoms with E-state index in [-0.39, 0.29) is 0 Å². The molecule has 1 heterocycles. The number of carbonyl (C=O) groups excluding carboxylic acids is 1. The van der Waals surface area contributed by atoms with Crippen molar-refractivity contribution in [2.75, 3.05) is 0 Å². The lowest BCUT2D eigenvalue weighted by atomic mass is 10.2. The van der Waals surface area contributed by atoms with E-state index in [2.05, 4.69) is 0 Å². The summed E-state index contributed by atoms with van der Waals surface area (Å²) in [5, 5.41) is 10.3. The predicted molar refractivity (Wildman–Crippen MR) is 67.6 cm³/mol. The highest BCUT2D eigenvalue weighted by Crippen LogP contribution is 2.35. The molecule has 0 aliphatic heterocycles. The van der Waals surface area contributed by atoms with Gasteiger partial charge in [-0.15, -0.1) is 11.3 Å². The lowest BCUT2D eigenvalue weighted by Gasteiger charge is -2.04. The number of esters is 1. The molecule has 2 aromatic rings. The Kier molecular flexibility index (Phi) is 3.74. The van der Waals surface area contributed by atoms with Gasteiger partial charge in [-0.1, -0.05) is 30.3 Å². The zero-order valence-corrected chi connectivity index (χ0v) is 10.1. The van der Waals surface area contributed by atoms with Gasteiger partial charge in [-0.3, -0.25) is 9.59 Å². The van der Waals surface area contributed by atoms with Crippen molar-refractivity contribution in [3.05, 3.63) is 41.8 Å². The number of ether oxygens (including phenoxy) is 1. The fourth-order valence-corrected chi connectivity index (χ4v) is 2.29. The Morgan fingerprint density at radius 3 is 2.56 bits per heavy atom. The van der Waals surface area contributed by atoms with Gasteiger partial charge < -0.3 is 9.84 Å². The molecule has 4 nitrogen and oxygen atoms in total. The topological polar surface area (TPSA) is 63.6 Å². The molecule has 0 aliphatic rings. The van der Waals surface area contributed by atoms with Crippen molar-refractivity contribution in [2.45, 2.75) is 6.42 Å². The second-order valence-electron chi connectivity index (χ2n) is 3.52. The molecule has 0 fully saturated rings. The SMILES string of the molecule is O=C(O)CC(=O)Oc1ccsc1-c1ccccc1. The van der Waals surface area contributed by atoms with Gasteiger partial charge in [-0.05, 0) is 17.0 Å². The summed E-state index contributed by atoms with van der Waals surface area (Å²) in [5.74, 6) is -1.56. The van der Waals surface area contributed by atoms with Crippen molar-refractivity contribution in [1.29, 1.82) is 0 Å². The van der Waals surface area contributed by atoms with Gasteiger partial charge in [0.25, 0.3) is 0 Å². The maximum Gasteiger partial charge on any atom is 0.322 e. The van der Waals surface area contributed by atoms with Crippen LogP contribution in [0.1, 0.15) is 6.42 Å². The highest BCUT2D eigenvalue weighted by molar-refractivity contribution is 7.14. The largest absolute Gasteiger partial charge is 0.481 e. The van der Waals surface area contributed by atoms with Crippen LogP contribution >= 0.6 is 11.3 Å². The summed E-state index contributed by atoms with van der Waals surface area (Å²) in [7, 11) is 0. The summed E-state index contributed by atoms with van der Waals surface area (Å²) in [6, 6.07) is 11.1. The molecule has 0 saturated heterocycles. The average molecular weight is 262 g/mol. The highest BCUT2D eigenvalue weighted by Gasteiger charge is 2.14. The van der Waals surface area contributed by atoms with Gasteiger partial charge in [-0.25, -0.2) is 0 Å². The third-order valence-electron chi connectivity index (χ3n) is 2.18. The van der Waals surface area contributed by atoms with Crippen LogP contribution in [-0.4, -0.2) is 17.0 Å². The number of carboxylic acids is 1. The van der Waals surface area contributed by atoms with E-state index in [0.717, 1.165) is 10.4 Å². The minimum Gasteiger partial charge on any atom is -0.481 e. The normalized spacial score (nSPS) is 10.0. The summed E-state index contributed by atoms with van der Waals surface area (Å²) in [6.45, 7) is 0. The number of hydrogen-bond acceptors (Lipinski definition) is 4. The number of hydrogen-bond donors (Lipinski definition) is 1. The van der Waals surface area contributed by atoms with Crippen molar-refractivity contribution >= 4 is 23.3 Å². The smallest absolute Gasteiger partial charge is 0.322 e. The molecular formula is C13H10O4S. The highest BCUT2D eigenvalue weighted by atomic mass is 32.1. The van der Waals surface area contributed by atoms with E-state index in [1.807, 2.05) is 30.3 Å². The first-order chi connectivity index (χ1) is 8.66. The number of carboxylic acid groups (broad SMARTS) is 1. The molecule has 1 N–H and O–H groups in total. The first kappa shape index (κ1) is 12.3. The summed E-state index contributed by atoms with van der Waals surface area (Å²) in [4.78, 5) is 22.5. The number of carbonyl (C=O) groups is 2. The second-order valence-corrected chi connectivity index (χ2v) is 4.44. The summed E-state index contributed by atoms with van der Waals surface area (Å²) >= 11 is 1.44. The van der Waals surface area contributed by atoms with Crippen molar-refractivity contribution in [3.63, 3.8) is 0 Å². The molecule has 0 radical (unpaired) electrons. The Bertz CT molecular complexity index is 559. The van der Waals surface area contributed by atoms with Crippen molar-refractivity contribution in [1.82, 2.24) is 0 Å². The first-order valence-electron chi connectivity index (χ1n) is 5.22.